The number of anilines is 1. The van der Waals surface area contributed by atoms with E-state index in [-0.39, 0.29) is 5.78 Å². The zero-order valence-corrected chi connectivity index (χ0v) is 18.2. The molecule has 1 fully saturated rings. The van der Waals surface area contributed by atoms with Crippen molar-refractivity contribution in [3.8, 4) is 5.75 Å². The molecule has 1 aromatic heterocycles. The fourth-order valence-electron chi connectivity index (χ4n) is 3.99. The number of hydrogen-bond acceptors (Lipinski definition) is 7. The van der Waals surface area contributed by atoms with Crippen molar-refractivity contribution in [2.75, 3.05) is 38.5 Å². The normalized spacial score (nSPS) is 15.3. The quantitative estimate of drug-likeness (QED) is 0.589. The van der Waals surface area contributed by atoms with Crippen LogP contribution in [0.3, 0.4) is 0 Å². The molecule has 7 nitrogen and oxygen atoms in total. The van der Waals surface area contributed by atoms with Crippen molar-refractivity contribution in [3.05, 3.63) is 59.4 Å². The highest BCUT2D eigenvalue weighted by atomic mass is 16.5. The number of ether oxygens (including phenoxy) is 1. The van der Waals surface area contributed by atoms with Crippen LogP contribution < -0.4 is 10.5 Å². The highest BCUT2D eigenvalue weighted by Crippen LogP contribution is 2.23. The Kier molecular flexibility index (Phi) is 6.44. The Bertz CT molecular complexity index is 1080. The Hall–Kier alpha value is -3.03. The molecule has 0 atom stereocenters. The minimum absolute atomic E-state index is 0.0729. The van der Waals surface area contributed by atoms with Gasteiger partial charge in [0.05, 0.1) is 18.7 Å². The number of carbonyl (C=O) groups is 1. The lowest BCUT2D eigenvalue weighted by atomic mass is 10.1. The summed E-state index contributed by atoms with van der Waals surface area (Å²) in [5.74, 6) is 2.23. The summed E-state index contributed by atoms with van der Waals surface area (Å²) in [7, 11) is 0. The van der Waals surface area contributed by atoms with E-state index in [1.54, 1.807) is 6.92 Å². The van der Waals surface area contributed by atoms with Gasteiger partial charge in [-0.3, -0.25) is 14.6 Å². The Balaban J connectivity index is 1.39. The van der Waals surface area contributed by atoms with E-state index in [4.69, 9.17) is 10.5 Å². The van der Waals surface area contributed by atoms with Crippen LogP contribution in [0, 0.1) is 0 Å². The maximum absolute atomic E-state index is 11.8. The van der Waals surface area contributed by atoms with Gasteiger partial charge in [-0.1, -0.05) is 12.1 Å². The molecule has 0 aliphatic carbocycles. The fourth-order valence-corrected chi connectivity index (χ4v) is 3.99. The van der Waals surface area contributed by atoms with E-state index in [0.29, 0.717) is 19.0 Å². The van der Waals surface area contributed by atoms with E-state index >= 15 is 0 Å². The number of piperazine rings is 1. The molecule has 1 aliphatic heterocycles. The third-order valence-electron chi connectivity index (χ3n) is 5.67. The summed E-state index contributed by atoms with van der Waals surface area (Å²) in [5.41, 5.74) is 8.80. The predicted octanol–water partition coefficient (Wildman–Crippen LogP) is 3.13. The van der Waals surface area contributed by atoms with Gasteiger partial charge in [-0.15, -0.1) is 0 Å². The number of nitrogen functional groups attached to an aromatic ring is 1. The molecule has 1 aliphatic rings. The van der Waals surface area contributed by atoms with Gasteiger partial charge in [0, 0.05) is 49.2 Å². The van der Waals surface area contributed by atoms with Crippen molar-refractivity contribution in [2.45, 2.75) is 26.9 Å². The summed E-state index contributed by atoms with van der Waals surface area (Å²) in [6.07, 6.45) is 0. The number of Topliss-reactive ketones (excluding diaryl/α,β-unsaturated/α-hetero) is 1. The van der Waals surface area contributed by atoms with Gasteiger partial charge in [-0.2, -0.15) is 0 Å². The molecule has 3 aromatic rings. The molecule has 2 aromatic carbocycles. The van der Waals surface area contributed by atoms with Crippen LogP contribution >= 0.6 is 0 Å². The lowest BCUT2D eigenvalue weighted by Crippen LogP contribution is -2.45. The second kappa shape index (κ2) is 9.41. The molecule has 2 heterocycles. The third kappa shape index (κ3) is 5.00. The van der Waals surface area contributed by atoms with Crippen molar-refractivity contribution >= 4 is 22.5 Å². The van der Waals surface area contributed by atoms with Crippen molar-refractivity contribution in [1.82, 2.24) is 19.8 Å². The number of rotatable bonds is 7. The van der Waals surface area contributed by atoms with Crippen LogP contribution in [0.1, 0.15) is 35.6 Å². The first-order valence-electron chi connectivity index (χ1n) is 10.8. The largest absolute Gasteiger partial charge is 0.494 e. The summed E-state index contributed by atoms with van der Waals surface area (Å²) in [6, 6.07) is 13.5. The van der Waals surface area contributed by atoms with E-state index < -0.39 is 0 Å². The van der Waals surface area contributed by atoms with Gasteiger partial charge in [0.25, 0.3) is 0 Å². The maximum Gasteiger partial charge on any atom is 0.159 e. The molecule has 0 spiro atoms. The number of ketones is 1. The Labute approximate surface area is 182 Å². The second-order valence-corrected chi connectivity index (χ2v) is 7.91. The van der Waals surface area contributed by atoms with E-state index in [2.05, 4.69) is 19.8 Å². The average Bonchev–Trinajstić information content (AvgIpc) is 2.76. The van der Waals surface area contributed by atoms with Crippen molar-refractivity contribution in [3.63, 3.8) is 0 Å². The summed E-state index contributed by atoms with van der Waals surface area (Å²) < 4.78 is 5.78. The zero-order chi connectivity index (χ0) is 21.8. The Morgan fingerprint density at radius 3 is 2.45 bits per heavy atom. The molecular weight excluding hydrogens is 390 g/mol. The molecule has 0 bridgehead atoms. The van der Waals surface area contributed by atoms with Crippen LogP contribution in [0.2, 0.25) is 0 Å². The smallest absolute Gasteiger partial charge is 0.159 e. The van der Waals surface area contributed by atoms with Gasteiger partial charge in [0.2, 0.25) is 0 Å². The molecule has 0 unspecified atom stereocenters. The predicted molar refractivity (Wildman–Crippen MR) is 122 cm³/mol. The molecule has 0 amide bonds. The summed E-state index contributed by atoms with van der Waals surface area (Å²) in [4.78, 5) is 25.7. The van der Waals surface area contributed by atoms with Gasteiger partial charge < -0.3 is 10.5 Å². The number of carbonyl (C=O) groups excluding carboxylic acids is 1. The molecule has 0 saturated carbocycles. The molecule has 7 heteroatoms. The van der Waals surface area contributed by atoms with Crippen LogP contribution in [0.5, 0.6) is 5.75 Å². The number of fused-ring (bicyclic) bond motifs is 1. The number of nitrogens with two attached hydrogens (primary N) is 1. The van der Waals surface area contributed by atoms with Crippen molar-refractivity contribution in [1.29, 1.82) is 0 Å². The van der Waals surface area contributed by atoms with Gasteiger partial charge >= 0.3 is 0 Å². The van der Waals surface area contributed by atoms with Crippen LogP contribution in [0.15, 0.2) is 42.5 Å². The summed E-state index contributed by atoms with van der Waals surface area (Å²) in [6.45, 7) is 9.34. The first kappa shape index (κ1) is 21.2. The number of hydrogen-bond donors (Lipinski definition) is 1. The maximum atomic E-state index is 11.8. The molecule has 0 radical (unpaired) electrons. The van der Waals surface area contributed by atoms with Gasteiger partial charge in [-0.25, -0.2) is 9.97 Å². The molecule has 1 saturated heterocycles. The van der Waals surface area contributed by atoms with Crippen LogP contribution in [-0.2, 0) is 13.1 Å². The minimum atomic E-state index is 0.0729. The highest BCUT2D eigenvalue weighted by Gasteiger charge is 2.20. The number of nitrogens with zero attached hydrogens (tertiary/aromatic N) is 4. The monoisotopic (exact) mass is 419 g/mol. The topological polar surface area (TPSA) is 84.6 Å². The van der Waals surface area contributed by atoms with E-state index in [0.717, 1.165) is 66.3 Å². The third-order valence-corrected chi connectivity index (χ3v) is 5.67. The molecule has 4 rings (SSSR count). The fraction of sp³-hybridized carbons (Fsp3) is 0.375. The molecule has 162 valence electrons. The van der Waals surface area contributed by atoms with Crippen LogP contribution in [0.4, 0.5) is 5.82 Å². The SMILES string of the molecule is CCOc1ccc(C(C)=O)cc1CN1CCN(Cc2nc(N)c3ccccc3n2)CC1. The Morgan fingerprint density at radius 2 is 1.74 bits per heavy atom. The van der Waals surface area contributed by atoms with Gasteiger partial charge in [0.1, 0.15) is 17.4 Å². The van der Waals surface area contributed by atoms with Crippen LogP contribution in [0.25, 0.3) is 10.9 Å². The first-order valence-corrected chi connectivity index (χ1v) is 10.8. The average molecular weight is 420 g/mol. The minimum Gasteiger partial charge on any atom is -0.494 e. The van der Waals surface area contributed by atoms with E-state index in [1.807, 2.05) is 49.4 Å². The number of benzene rings is 2. The molecule has 2 N–H and O–H groups in total. The first-order chi connectivity index (χ1) is 15.0. The van der Waals surface area contributed by atoms with Gasteiger partial charge in [0.15, 0.2) is 5.78 Å². The number of para-hydroxylation sites is 1. The highest BCUT2D eigenvalue weighted by molar-refractivity contribution is 5.94. The van der Waals surface area contributed by atoms with Crippen molar-refractivity contribution in [2.24, 2.45) is 0 Å². The zero-order valence-electron chi connectivity index (χ0n) is 18.2. The van der Waals surface area contributed by atoms with Gasteiger partial charge in [-0.05, 0) is 44.2 Å². The lowest BCUT2D eigenvalue weighted by molar-refractivity contribution is 0.101. The van der Waals surface area contributed by atoms with E-state index in [9.17, 15) is 4.79 Å². The van der Waals surface area contributed by atoms with Crippen LogP contribution in [-0.4, -0.2) is 58.3 Å². The van der Waals surface area contributed by atoms with E-state index in [1.165, 1.54) is 0 Å². The lowest BCUT2D eigenvalue weighted by Gasteiger charge is -2.34. The summed E-state index contributed by atoms with van der Waals surface area (Å²) >= 11 is 0. The molecular formula is C24H29N5O2. The van der Waals surface area contributed by atoms with Crippen molar-refractivity contribution < 1.29 is 9.53 Å². The second-order valence-electron chi connectivity index (χ2n) is 7.91. The Morgan fingerprint density at radius 1 is 1.03 bits per heavy atom. The summed E-state index contributed by atoms with van der Waals surface area (Å²) in [5, 5.41) is 0.897. The molecule has 31 heavy (non-hydrogen) atoms. The standard InChI is InChI=1S/C24H29N5O2/c1-3-31-22-9-8-18(17(2)30)14-19(22)15-28-10-12-29(13-11-28)16-23-26-21-7-5-4-6-20(21)24(25)27-23/h4-9,14H,3,10-13,15-16H2,1-2H3,(H2,25,26,27). The number of aromatic nitrogens is 2.